The van der Waals surface area contributed by atoms with Crippen LogP contribution in [0, 0.1) is 5.92 Å². The first-order valence-electron chi connectivity index (χ1n) is 4.71. The lowest BCUT2D eigenvalue weighted by Gasteiger charge is -2.31. The monoisotopic (exact) mass is 182 g/mol. The second kappa shape index (κ2) is 2.72. The molecule has 2 fully saturated rings. The van der Waals surface area contributed by atoms with Gasteiger partial charge in [-0.3, -0.25) is 9.69 Å². The molecule has 0 saturated carbocycles. The number of imide groups is 1. The van der Waals surface area contributed by atoms with Crippen molar-refractivity contribution < 1.29 is 9.59 Å². The van der Waals surface area contributed by atoms with E-state index in [2.05, 4.69) is 0 Å². The number of urea groups is 1. The van der Waals surface area contributed by atoms with E-state index in [1.165, 1.54) is 4.90 Å². The van der Waals surface area contributed by atoms with Crippen molar-refractivity contribution in [3.8, 4) is 0 Å². The highest BCUT2D eigenvalue weighted by atomic mass is 16.2. The number of piperidine rings is 1. The van der Waals surface area contributed by atoms with Crippen LogP contribution in [0.25, 0.3) is 0 Å². The van der Waals surface area contributed by atoms with E-state index in [-0.39, 0.29) is 18.0 Å². The van der Waals surface area contributed by atoms with Gasteiger partial charge in [-0.15, -0.1) is 0 Å². The van der Waals surface area contributed by atoms with Crippen LogP contribution in [-0.4, -0.2) is 41.4 Å². The minimum Gasteiger partial charge on any atom is -0.312 e. The molecule has 2 heterocycles. The molecular weight excluding hydrogens is 168 g/mol. The van der Waals surface area contributed by atoms with Crippen molar-refractivity contribution in [2.75, 3.05) is 13.6 Å². The smallest absolute Gasteiger partial charge is 0.312 e. The minimum atomic E-state index is -0.175. The van der Waals surface area contributed by atoms with Crippen LogP contribution >= 0.6 is 0 Å². The van der Waals surface area contributed by atoms with Crippen LogP contribution in [0.5, 0.6) is 0 Å². The predicted octanol–water partition coefficient (Wildman–Crippen LogP) is 0.679. The topological polar surface area (TPSA) is 40.6 Å². The van der Waals surface area contributed by atoms with Gasteiger partial charge in [-0.05, 0) is 18.8 Å². The Bertz CT molecular complexity index is 264. The van der Waals surface area contributed by atoms with Crippen molar-refractivity contribution in [1.82, 2.24) is 9.80 Å². The molecule has 2 unspecified atom stereocenters. The van der Waals surface area contributed by atoms with Gasteiger partial charge in [0.1, 0.15) is 6.04 Å². The summed E-state index contributed by atoms with van der Waals surface area (Å²) < 4.78 is 0. The Labute approximate surface area is 77.5 Å². The molecular formula is C9H14N2O2. The first-order chi connectivity index (χ1) is 6.13. The fourth-order valence-corrected chi connectivity index (χ4v) is 2.26. The molecule has 2 saturated heterocycles. The van der Waals surface area contributed by atoms with E-state index in [1.54, 1.807) is 11.9 Å². The summed E-state index contributed by atoms with van der Waals surface area (Å²) in [6, 6.07) is -0.298. The van der Waals surface area contributed by atoms with E-state index in [9.17, 15) is 9.59 Å². The highest BCUT2D eigenvalue weighted by Crippen LogP contribution is 2.29. The lowest BCUT2D eigenvalue weighted by molar-refractivity contribution is -0.129. The van der Waals surface area contributed by atoms with E-state index >= 15 is 0 Å². The van der Waals surface area contributed by atoms with Crippen LogP contribution in [0.3, 0.4) is 0 Å². The molecule has 0 radical (unpaired) electrons. The number of hydrogen-bond acceptors (Lipinski definition) is 2. The number of hydrogen-bond donors (Lipinski definition) is 0. The summed E-state index contributed by atoms with van der Waals surface area (Å²) in [7, 11) is 1.57. The SMILES string of the molecule is CC1CCCN2C(=O)N(C)C(=O)C12. The largest absolute Gasteiger partial charge is 0.327 e. The van der Waals surface area contributed by atoms with Crippen molar-refractivity contribution in [3.63, 3.8) is 0 Å². The molecule has 4 nitrogen and oxygen atoms in total. The molecule has 2 aliphatic rings. The second-order valence-electron chi connectivity index (χ2n) is 3.94. The van der Waals surface area contributed by atoms with Gasteiger partial charge in [0.05, 0.1) is 0 Å². The molecule has 0 aliphatic carbocycles. The first-order valence-corrected chi connectivity index (χ1v) is 4.71. The Kier molecular flexibility index (Phi) is 1.78. The number of likely N-dealkylation sites (N-methyl/N-ethyl adjacent to an activating group) is 1. The van der Waals surface area contributed by atoms with E-state index in [0.29, 0.717) is 5.92 Å². The third-order valence-electron chi connectivity index (χ3n) is 3.05. The molecule has 0 bridgehead atoms. The average molecular weight is 182 g/mol. The van der Waals surface area contributed by atoms with Gasteiger partial charge in [0.2, 0.25) is 0 Å². The summed E-state index contributed by atoms with van der Waals surface area (Å²) in [5.74, 6) is 0.285. The number of rotatable bonds is 0. The van der Waals surface area contributed by atoms with Crippen LogP contribution in [0.15, 0.2) is 0 Å². The summed E-state index contributed by atoms with van der Waals surface area (Å²) in [5.41, 5.74) is 0. The zero-order valence-electron chi connectivity index (χ0n) is 7.99. The summed E-state index contributed by atoms with van der Waals surface area (Å²) in [4.78, 5) is 26.1. The second-order valence-corrected chi connectivity index (χ2v) is 3.94. The molecule has 3 amide bonds. The maximum Gasteiger partial charge on any atom is 0.327 e. The maximum absolute atomic E-state index is 11.6. The van der Waals surface area contributed by atoms with Crippen molar-refractivity contribution in [2.24, 2.45) is 5.92 Å². The molecule has 0 aromatic rings. The summed E-state index contributed by atoms with van der Waals surface area (Å²) in [6.45, 7) is 2.78. The predicted molar refractivity (Wildman–Crippen MR) is 47.1 cm³/mol. The Hall–Kier alpha value is -1.06. The first kappa shape index (κ1) is 8.53. The molecule has 13 heavy (non-hydrogen) atoms. The van der Waals surface area contributed by atoms with E-state index in [4.69, 9.17) is 0 Å². The fraction of sp³-hybridized carbons (Fsp3) is 0.778. The minimum absolute atomic E-state index is 0.0304. The van der Waals surface area contributed by atoms with E-state index in [1.807, 2.05) is 6.92 Å². The molecule has 0 aromatic carbocycles. The third-order valence-corrected chi connectivity index (χ3v) is 3.05. The Morgan fingerprint density at radius 1 is 1.38 bits per heavy atom. The number of nitrogens with zero attached hydrogens (tertiary/aromatic N) is 2. The normalized spacial score (nSPS) is 34.0. The van der Waals surface area contributed by atoms with Gasteiger partial charge in [0.25, 0.3) is 5.91 Å². The van der Waals surface area contributed by atoms with Crippen LogP contribution in [-0.2, 0) is 4.79 Å². The molecule has 2 rings (SSSR count). The fourth-order valence-electron chi connectivity index (χ4n) is 2.26. The van der Waals surface area contributed by atoms with Gasteiger partial charge in [-0.1, -0.05) is 6.92 Å². The number of fused-ring (bicyclic) bond motifs is 1. The third kappa shape index (κ3) is 1.04. The molecule has 0 spiro atoms. The standard InChI is InChI=1S/C9H14N2O2/c1-6-4-3-5-11-7(6)8(12)10(2)9(11)13/h6-7H,3-5H2,1-2H3. The van der Waals surface area contributed by atoms with Crippen LogP contribution in [0.2, 0.25) is 0 Å². The molecule has 72 valence electrons. The zero-order valence-corrected chi connectivity index (χ0v) is 7.99. The summed E-state index contributed by atoms with van der Waals surface area (Å²) >= 11 is 0. The lowest BCUT2D eigenvalue weighted by atomic mass is 9.92. The van der Waals surface area contributed by atoms with Gasteiger partial charge in [0, 0.05) is 13.6 Å². The van der Waals surface area contributed by atoms with E-state index in [0.717, 1.165) is 19.4 Å². The zero-order chi connectivity index (χ0) is 9.59. The lowest BCUT2D eigenvalue weighted by Crippen LogP contribution is -2.44. The average Bonchev–Trinajstić information content (AvgIpc) is 2.33. The number of amides is 3. The molecule has 0 N–H and O–H groups in total. The highest BCUT2D eigenvalue weighted by Gasteiger charge is 2.46. The molecule has 2 aliphatic heterocycles. The molecule has 2 atom stereocenters. The van der Waals surface area contributed by atoms with Crippen molar-refractivity contribution >= 4 is 11.9 Å². The Balaban J connectivity index is 2.29. The van der Waals surface area contributed by atoms with Crippen LogP contribution < -0.4 is 0 Å². The molecule has 4 heteroatoms. The Morgan fingerprint density at radius 3 is 2.69 bits per heavy atom. The van der Waals surface area contributed by atoms with Crippen LogP contribution in [0.1, 0.15) is 19.8 Å². The van der Waals surface area contributed by atoms with Crippen LogP contribution in [0.4, 0.5) is 4.79 Å². The van der Waals surface area contributed by atoms with Gasteiger partial charge in [-0.25, -0.2) is 4.79 Å². The number of carbonyl (C=O) groups is 2. The van der Waals surface area contributed by atoms with Crippen molar-refractivity contribution in [2.45, 2.75) is 25.8 Å². The summed E-state index contributed by atoms with van der Waals surface area (Å²) in [6.07, 6.45) is 2.07. The van der Waals surface area contributed by atoms with Gasteiger partial charge in [-0.2, -0.15) is 0 Å². The molecule has 0 aromatic heterocycles. The quantitative estimate of drug-likeness (QED) is 0.517. The van der Waals surface area contributed by atoms with Crippen molar-refractivity contribution in [1.29, 1.82) is 0 Å². The number of carbonyl (C=O) groups excluding carboxylic acids is 2. The van der Waals surface area contributed by atoms with Gasteiger partial charge < -0.3 is 4.90 Å². The van der Waals surface area contributed by atoms with Gasteiger partial charge in [0.15, 0.2) is 0 Å². The van der Waals surface area contributed by atoms with E-state index < -0.39 is 0 Å². The van der Waals surface area contributed by atoms with Crippen molar-refractivity contribution in [3.05, 3.63) is 0 Å². The maximum atomic E-state index is 11.6. The van der Waals surface area contributed by atoms with Gasteiger partial charge >= 0.3 is 6.03 Å². The summed E-state index contributed by atoms with van der Waals surface area (Å²) in [5, 5.41) is 0. The highest BCUT2D eigenvalue weighted by molar-refractivity contribution is 6.04. The Morgan fingerprint density at radius 2 is 2.08 bits per heavy atom.